The van der Waals surface area contributed by atoms with E-state index in [9.17, 15) is 9.00 Å². The molecule has 3 N–H and O–H groups in total. The molecule has 1 aromatic carbocycles. The molecule has 1 fully saturated rings. The number of imidazole rings is 1. The topological polar surface area (TPSA) is 164 Å². The highest BCUT2D eigenvalue weighted by molar-refractivity contribution is 7.83. The number of aryl methyl sites for hydroxylation is 1. The van der Waals surface area contributed by atoms with Gasteiger partial charge in [0.2, 0.25) is 5.95 Å². The average molecular weight is 615 g/mol. The lowest BCUT2D eigenvalue weighted by molar-refractivity contribution is 0.0705. The van der Waals surface area contributed by atoms with Crippen LogP contribution in [0.4, 0.5) is 11.8 Å². The minimum atomic E-state index is -1.34. The minimum absolute atomic E-state index is 0.136. The molecule has 0 aliphatic carbocycles. The number of rotatable bonds is 11. The monoisotopic (exact) mass is 614 g/mol. The van der Waals surface area contributed by atoms with Gasteiger partial charge in [0.15, 0.2) is 22.8 Å². The number of benzene rings is 1. The Balaban J connectivity index is 1.46. The Morgan fingerprint density at radius 1 is 1.14 bits per heavy atom. The van der Waals surface area contributed by atoms with Crippen LogP contribution in [0.2, 0.25) is 0 Å². The van der Waals surface area contributed by atoms with Gasteiger partial charge >= 0.3 is 0 Å². The van der Waals surface area contributed by atoms with E-state index in [0.717, 1.165) is 12.0 Å². The first-order valence-corrected chi connectivity index (χ1v) is 14.9. The van der Waals surface area contributed by atoms with Crippen molar-refractivity contribution in [3.05, 3.63) is 48.0 Å². The summed E-state index contributed by atoms with van der Waals surface area (Å²) in [7, 11) is 2.37. The van der Waals surface area contributed by atoms with Crippen molar-refractivity contribution in [3.63, 3.8) is 0 Å². The molecule has 3 aromatic heterocycles. The van der Waals surface area contributed by atoms with Gasteiger partial charge in [-0.1, -0.05) is 0 Å². The number of nitrogens with zero attached hydrogens (tertiary/aromatic N) is 8. The summed E-state index contributed by atoms with van der Waals surface area (Å²) < 4.78 is 23.0. The molecule has 1 unspecified atom stereocenters. The number of anilines is 2. The van der Waals surface area contributed by atoms with Crippen LogP contribution in [0.15, 0.2) is 41.6 Å². The molecule has 14 nitrogen and oxygen atoms in total. The summed E-state index contributed by atoms with van der Waals surface area (Å²) in [5.74, 6) is 2.15. The summed E-state index contributed by atoms with van der Waals surface area (Å²) in [6.45, 7) is 3.43. The normalized spacial score (nSPS) is 14.2. The SMILES string of the molecule is CN(Cc1nc2c(N3CCOCC3)nc(-c3ccc(S(=O)NCCCCl)cc3)nc2n1C)c1ncc(C(=O)NO)cn1. The Bertz CT molecular complexity index is 1560. The number of aromatic nitrogens is 6. The standard InChI is InChI=1S/C26H31ClN10O4S/c1-35(26-28-14-18(15-29-26)25(38)34-39)16-20-31-21-23(36(20)2)32-22(33-24(21)37-10-12-41-13-11-37)17-4-6-19(7-5-17)42(40)30-9-3-8-27/h4-7,14-15,30,39H,3,8-13,16H2,1-2H3,(H,34,38). The predicted octanol–water partition coefficient (Wildman–Crippen LogP) is 1.65. The Hall–Kier alpha value is -3.76. The molecule has 1 saturated heterocycles. The maximum Gasteiger partial charge on any atom is 0.277 e. The van der Waals surface area contributed by atoms with Gasteiger partial charge in [-0.15, -0.1) is 11.6 Å². The second-order valence-electron chi connectivity index (χ2n) is 9.53. The van der Waals surface area contributed by atoms with Crippen LogP contribution < -0.4 is 20.0 Å². The highest BCUT2D eigenvalue weighted by atomic mass is 35.5. The van der Waals surface area contributed by atoms with Gasteiger partial charge in [-0.05, 0) is 30.7 Å². The van der Waals surface area contributed by atoms with E-state index in [1.807, 2.05) is 30.8 Å². The van der Waals surface area contributed by atoms with E-state index in [4.69, 9.17) is 36.5 Å². The van der Waals surface area contributed by atoms with E-state index < -0.39 is 16.9 Å². The predicted molar refractivity (Wildman–Crippen MR) is 158 cm³/mol. The zero-order valence-electron chi connectivity index (χ0n) is 23.2. The Morgan fingerprint density at radius 2 is 1.86 bits per heavy atom. The quantitative estimate of drug-likeness (QED) is 0.0974. The van der Waals surface area contributed by atoms with Gasteiger partial charge < -0.3 is 19.1 Å². The highest BCUT2D eigenvalue weighted by Gasteiger charge is 2.23. The second-order valence-corrected chi connectivity index (χ2v) is 11.2. The van der Waals surface area contributed by atoms with E-state index in [2.05, 4.69) is 19.6 Å². The molecule has 0 saturated carbocycles. The summed E-state index contributed by atoms with van der Waals surface area (Å²) in [6, 6.07) is 7.34. The van der Waals surface area contributed by atoms with Crippen LogP contribution in [0.5, 0.6) is 0 Å². The number of ether oxygens (including phenoxy) is 1. The zero-order chi connectivity index (χ0) is 29.6. The van der Waals surface area contributed by atoms with E-state index in [-0.39, 0.29) is 5.56 Å². The largest absolute Gasteiger partial charge is 0.378 e. The third-order valence-electron chi connectivity index (χ3n) is 6.70. The molecule has 0 radical (unpaired) electrons. The fourth-order valence-corrected chi connectivity index (χ4v) is 5.40. The molecule has 0 bridgehead atoms. The van der Waals surface area contributed by atoms with Gasteiger partial charge in [-0.2, -0.15) is 0 Å². The number of hydroxylamine groups is 1. The van der Waals surface area contributed by atoms with Gasteiger partial charge in [-0.25, -0.2) is 39.3 Å². The molecule has 4 aromatic rings. The molecule has 5 rings (SSSR count). The molecule has 4 heterocycles. The summed E-state index contributed by atoms with van der Waals surface area (Å²) in [6.07, 6.45) is 3.41. The first-order valence-electron chi connectivity index (χ1n) is 13.2. The number of alkyl halides is 1. The van der Waals surface area contributed by atoms with Crippen molar-refractivity contribution in [3.8, 4) is 11.4 Å². The van der Waals surface area contributed by atoms with E-state index in [1.54, 1.807) is 22.5 Å². The van der Waals surface area contributed by atoms with Gasteiger partial charge in [0.25, 0.3) is 5.91 Å². The summed E-state index contributed by atoms with van der Waals surface area (Å²) in [5.41, 5.74) is 3.82. The van der Waals surface area contributed by atoms with Crippen LogP contribution in [0.3, 0.4) is 0 Å². The third-order valence-corrected chi connectivity index (χ3v) is 8.13. The van der Waals surface area contributed by atoms with Crippen LogP contribution >= 0.6 is 11.6 Å². The lowest BCUT2D eigenvalue weighted by Crippen LogP contribution is -2.37. The number of carbonyl (C=O) groups is 1. The maximum absolute atomic E-state index is 12.6. The molecule has 1 atom stereocenters. The number of nitrogens with one attached hydrogen (secondary N) is 2. The van der Waals surface area contributed by atoms with Crippen molar-refractivity contribution < 1.29 is 18.9 Å². The van der Waals surface area contributed by atoms with Crippen molar-refractivity contribution in [2.75, 3.05) is 55.6 Å². The molecule has 16 heteroatoms. The second kappa shape index (κ2) is 13.5. The molecule has 1 amide bonds. The first-order chi connectivity index (χ1) is 20.4. The van der Waals surface area contributed by atoms with Crippen LogP contribution in [-0.4, -0.2) is 90.6 Å². The smallest absolute Gasteiger partial charge is 0.277 e. The number of morpholine rings is 1. The fraction of sp³-hybridized carbons (Fsp3) is 0.385. The maximum atomic E-state index is 12.6. The lowest BCUT2D eigenvalue weighted by Gasteiger charge is -2.28. The van der Waals surface area contributed by atoms with Gasteiger partial charge in [0.1, 0.15) is 16.8 Å². The number of hydrogen-bond acceptors (Lipinski definition) is 11. The van der Waals surface area contributed by atoms with Crippen LogP contribution in [-0.2, 0) is 29.3 Å². The number of halogens is 1. The van der Waals surface area contributed by atoms with Crippen LogP contribution in [0.1, 0.15) is 22.6 Å². The van der Waals surface area contributed by atoms with Crippen molar-refractivity contribution in [2.45, 2.75) is 17.9 Å². The van der Waals surface area contributed by atoms with Gasteiger partial charge in [0.05, 0.1) is 30.2 Å². The number of fused-ring (bicyclic) bond motifs is 1. The number of carbonyl (C=O) groups excluding carboxylic acids is 1. The molecule has 0 spiro atoms. The molecule has 42 heavy (non-hydrogen) atoms. The lowest BCUT2D eigenvalue weighted by atomic mass is 10.2. The van der Waals surface area contributed by atoms with Gasteiger partial charge in [0, 0.05) is 57.6 Å². The number of hydrogen-bond donors (Lipinski definition) is 3. The Morgan fingerprint density at radius 3 is 2.52 bits per heavy atom. The van der Waals surface area contributed by atoms with E-state index >= 15 is 0 Å². The Labute approximate surface area is 249 Å². The van der Waals surface area contributed by atoms with Crippen molar-refractivity contribution in [2.24, 2.45) is 7.05 Å². The van der Waals surface area contributed by atoms with E-state index in [1.165, 1.54) is 12.4 Å². The molecule has 1 aliphatic rings. The van der Waals surface area contributed by atoms with Crippen molar-refractivity contribution in [1.82, 2.24) is 39.7 Å². The first kappa shape index (κ1) is 29.7. The minimum Gasteiger partial charge on any atom is -0.378 e. The van der Waals surface area contributed by atoms with Crippen molar-refractivity contribution in [1.29, 1.82) is 0 Å². The summed E-state index contributed by atoms with van der Waals surface area (Å²) in [5, 5.41) is 8.82. The fourth-order valence-electron chi connectivity index (χ4n) is 4.38. The van der Waals surface area contributed by atoms with Gasteiger partial charge in [-0.3, -0.25) is 10.0 Å². The third kappa shape index (κ3) is 6.50. The average Bonchev–Trinajstić information content (AvgIpc) is 3.35. The summed E-state index contributed by atoms with van der Waals surface area (Å²) in [4.78, 5) is 39.4. The molecular formula is C26H31ClN10O4S. The molecular weight excluding hydrogens is 584 g/mol. The number of amides is 1. The highest BCUT2D eigenvalue weighted by Crippen LogP contribution is 2.29. The summed E-state index contributed by atoms with van der Waals surface area (Å²) >= 11 is 5.72. The van der Waals surface area contributed by atoms with E-state index in [0.29, 0.717) is 84.7 Å². The van der Waals surface area contributed by atoms with Crippen LogP contribution in [0.25, 0.3) is 22.6 Å². The van der Waals surface area contributed by atoms with Crippen LogP contribution in [0, 0.1) is 0 Å². The molecule has 222 valence electrons. The van der Waals surface area contributed by atoms with Crippen molar-refractivity contribution >= 4 is 51.4 Å². The Kier molecular flexibility index (Phi) is 9.54. The molecule has 1 aliphatic heterocycles. The zero-order valence-corrected chi connectivity index (χ0v) is 24.7.